The minimum absolute atomic E-state index is 0.0797. The molecule has 2 aromatic carbocycles. The first-order valence-electron chi connectivity index (χ1n) is 17.6. The lowest BCUT2D eigenvalue weighted by Crippen LogP contribution is -2.58. The second-order valence-corrected chi connectivity index (χ2v) is 14.8. The Morgan fingerprint density at radius 1 is 0.725 bits per heavy atom. The van der Waals surface area contributed by atoms with E-state index in [1.165, 1.54) is 0 Å². The van der Waals surface area contributed by atoms with Gasteiger partial charge in [0.05, 0.1) is 12.7 Å². The Morgan fingerprint density at radius 2 is 1.22 bits per heavy atom. The molecule has 12 heteroatoms. The van der Waals surface area contributed by atoms with Crippen LogP contribution in [-0.2, 0) is 19.7 Å². The molecular weight excluding hydrogens is 658 g/mol. The van der Waals surface area contributed by atoms with Crippen molar-refractivity contribution in [1.82, 2.24) is 4.90 Å². The number of amides is 1. The molecule has 0 unspecified atom stereocenters. The van der Waals surface area contributed by atoms with E-state index in [-0.39, 0.29) is 24.3 Å². The van der Waals surface area contributed by atoms with Gasteiger partial charge in [-0.15, -0.1) is 0 Å². The van der Waals surface area contributed by atoms with Gasteiger partial charge in [-0.3, -0.25) is 4.79 Å². The van der Waals surface area contributed by atoms with Crippen LogP contribution in [0.5, 0.6) is 0 Å². The molecule has 3 saturated heterocycles. The fourth-order valence-electron chi connectivity index (χ4n) is 8.03. The number of aliphatic hydroxyl groups excluding tert-OH is 8. The molecule has 2 aromatic rings. The summed E-state index contributed by atoms with van der Waals surface area (Å²) in [5, 5.41) is 81.1. The van der Waals surface area contributed by atoms with Crippen LogP contribution in [0.2, 0.25) is 0 Å². The van der Waals surface area contributed by atoms with Gasteiger partial charge in [0.1, 0.15) is 54.9 Å². The number of hydrogen-bond donors (Lipinski definition) is 8. The fraction of sp³-hybridized carbons (Fsp3) is 0.564. The van der Waals surface area contributed by atoms with Crippen LogP contribution in [0, 0.1) is 29.1 Å². The van der Waals surface area contributed by atoms with Crippen LogP contribution in [0.3, 0.4) is 0 Å². The molecule has 1 spiro atoms. The Morgan fingerprint density at radius 3 is 1.69 bits per heavy atom. The minimum atomic E-state index is -1.53. The number of nitrogens with zero attached hydrogens (tertiary/aromatic N) is 1. The maximum Gasteiger partial charge on any atom is 0.228 e. The van der Waals surface area contributed by atoms with Gasteiger partial charge in [0, 0.05) is 41.7 Å². The number of likely N-dealkylation sites (tertiary alicyclic amines) is 1. The van der Waals surface area contributed by atoms with Crippen LogP contribution >= 0.6 is 0 Å². The molecule has 4 fully saturated rings. The number of ether oxygens (including phenoxy) is 2. The Bertz CT molecular complexity index is 1780. The first-order valence-corrected chi connectivity index (χ1v) is 17.6. The van der Waals surface area contributed by atoms with Crippen LogP contribution < -0.4 is 0 Å². The van der Waals surface area contributed by atoms with Gasteiger partial charge in [-0.25, -0.2) is 0 Å². The highest BCUT2D eigenvalue weighted by Crippen LogP contribution is 2.55. The molecule has 3 heterocycles. The summed E-state index contributed by atoms with van der Waals surface area (Å²) < 4.78 is 11.4. The molecule has 5 aliphatic rings. The van der Waals surface area contributed by atoms with Crippen LogP contribution in [0.4, 0.5) is 0 Å². The molecule has 12 nitrogen and oxygen atoms in total. The van der Waals surface area contributed by atoms with E-state index in [9.17, 15) is 45.6 Å². The summed E-state index contributed by atoms with van der Waals surface area (Å²) in [6.07, 6.45) is -9.69. The average molecular weight is 704 g/mol. The third-order valence-electron chi connectivity index (χ3n) is 11.5. The molecule has 7 rings (SSSR count). The molecule has 8 N–H and O–H groups in total. The van der Waals surface area contributed by atoms with Crippen LogP contribution in [-0.4, -0.2) is 139 Å². The number of aliphatic hydroxyl groups is 8. The second-order valence-electron chi connectivity index (χ2n) is 14.8. The zero-order valence-electron chi connectivity index (χ0n) is 28.4. The third kappa shape index (κ3) is 6.38. The summed E-state index contributed by atoms with van der Waals surface area (Å²) >= 11 is 0. The molecule has 51 heavy (non-hydrogen) atoms. The van der Waals surface area contributed by atoms with Crippen LogP contribution in [0.15, 0.2) is 36.4 Å². The lowest BCUT2D eigenvalue weighted by Gasteiger charge is -2.42. The quantitative estimate of drug-likeness (QED) is 0.185. The Kier molecular flexibility index (Phi) is 9.80. The number of fused-ring (bicyclic) bond motifs is 5. The summed E-state index contributed by atoms with van der Waals surface area (Å²) in [6.45, 7) is 2.35. The SMILES string of the molecule is CC1(C(=O)N2CCC3(CC2)c2cc(C#C[C@H]4O[C@H](CO)[C@@H](O)[C@H](O)[C@@H]4O)ccc2-c2ccc(C#C[C@H]4O[C@H](CCO)[C@@H](O)[C@H](O)[C@@H]4O)cc23)CC1. The Hall–Kier alpha value is -3.37. The van der Waals surface area contributed by atoms with Crippen molar-refractivity contribution in [3.8, 4) is 34.8 Å². The van der Waals surface area contributed by atoms with Gasteiger partial charge in [-0.2, -0.15) is 0 Å². The molecule has 1 saturated carbocycles. The number of piperidine rings is 1. The largest absolute Gasteiger partial charge is 0.396 e. The normalized spacial score (nSPS) is 34.4. The smallest absolute Gasteiger partial charge is 0.228 e. The van der Waals surface area contributed by atoms with Gasteiger partial charge in [-0.1, -0.05) is 42.7 Å². The number of benzene rings is 2. The Labute approximate surface area is 296 Å². The maximum atomic E-state index is 13.3. The molecular formula is C39H45NO11. The maximum absolute atomic E-state index is 13.3. The van der Waals surface area contributed by atoms with Crippen molar-refractivity contribution in [3.05, 3.63) is 58.7 Å². The zero-order valence-corrected chi connectivity index (χ0v) is 28.4. The molecule has 0 radical (unpaired) electrons. The predicted molar refractivity (Wildman–Crippen MR) is 182 cm³/mol. The first-order chi connectivity index (χ1) is 24.4. The molecule has 3 aliphatic heterocycles. The van der Waals surface area contributed by atoms with Crippen molar-refractivity contribution >= 4 is 5.91 Å². The van der Waals surface area contributed by atoms with Gasteiger partial charge in [0.25, 0.3) is 0 Å². The van der Waals surface area contributed by atoms with E-state index in [1.807, 2.05) is 48.2 Å². The highest BCUT2D eigenvalue weighted by Gasteiger charge is 2.51. The van der Waals surface area contributed by atoms with E-state index in [2.05, 4.69) is 23.7 Å². The van der Waals surface area contributed by atoms with Crippen molar-refractivity contribution in [2.45, 2.75) is 105 Å². The van der Waals surface area contributed by atoms with Crippen molar-refractivity contribution < 1.29 is 55.1 Å². The van der Waals surface area contributed by atoms with E-state index in [0.717, 1.165) is 35.1 Å². The van der Waals surface area contributed by atoms with Crippen molar-refractivity contribution in [1.29, 1.82) is 0 Å². The zero-order chi connectivity index (χ0) is 36.2. The standard InChI is InChI=1S/C39H45NO11/c1-38(11-12-38)37(49)40-15-13-39(14-16-40)25-18-21(4-8-27-31(43)35(47)33(45)29(50-27)10-17-41)2-6-23(25)24-7-3-22(19-26(24)39)5-9-28-32(44)36(48)34(46)30(20-42)51-28/h2-3,6-7,18-19,27-36,41-48H,10-17,20H2,1H3/t27-,28-,29-,30-,31-,32-,33-,34-,35-,36-/m1/s1. The number of carbonyl (C=O) groups excluding carboxylic acids is 1. The van der Waals surface area contributed by atoms with Crippen molar-refractivity contribution in [2.24, 2.45) is 5.41 Å². The highest BCUT2D eigenvalue weighted by atomic mass is 16.5. The van der Waals surface area contributed by atoms with E-state index in [4.69, 9.17) is 9.47 Å². The van der Waals surface area contributed by atoms with Crippen molar-refractivity contribution in [3.63, 3.8) is 0 Å². The molecule has 0 bridgehead atoms. The molecule has 2 aliphatic carbocycles. The van der Waals surface area contributed by atoms with E-state index in [1.54, 1.807) is 0 Å². The summed E-state index contributed by atoms with van der Waals surface area (Å²) in [6, 6.07) is 11.8. The van der Waals surface area contributed by atoms with Gasteiger partial charge in [0.2, 0.25) is 5.91 Å². The van der Waals surface area contributed by atoms with Crippen LogP contribution in [0.1, 0.15) is 61.3 Å². The summed E-state index contributed by atoms with van der Waals surface area (Å²) in [4.78, 5) is 15.3. The number of rotatable bonds is 4. The lowest BCUT2D eigenvalue weighted by molar-refractivity contribution is -0.214. The topological polar surface area (TPSA) is 201 Å². The molecule has 0 aromatic heterocycles. The highest BCUT2D eigenvalue weighted by molar-refractivity contribution is 5.86. The third-order valence-corrected chi connectivity index (χ3v) is 11.5. The van der Waals surface area contributed by atoms with E-state index < -0.39 is 73.1 Å². The van der Waals surface area contributed by atoms with Gasteiger partial charge in [0.15, 0.2) is 0 Å². The first kappa shape index (κ1) is 36.0. The van der Waals surface area contributed by atoms with Gasteiger partial charge < -0.3 is 55.2 Å². The number of carbonyl (C=O) groups is 1. The minimum Gasteiger partial charge on any atom is -0.396 e. The molecule has 1 amide bonds. The van der Waals surface area contributed by atoms with Crippen LogP contribution in [0.25, 0.3) is 11.1 Å². The van der Waals surface area contributed by atoms with Gasteiger partial charge >= 0.3 is 0 Å². The molecule has 272 valence electrons. The summed E-state index contributed by atoms with van der Waals surface area (Å²) in [7, 11) is 0. The monoisotopic (exact) mass is 703 g/mol. The van der Waals surface area contributed by atoms with E-state index >= 15 is 0 Å². The average Bonchev–Trinajstić information content (AvgIpc) is 3.85. The predicted octanol–water partition coefficient (Wildman–Crippen LogP) is -0.846. The van der Waals surface area contributed by atoms with Gasteiger partial charge in [-0.05, 0) is 78.6 Å². The molecule has 10 atom stereocenters. The summed E-state index contributed by atoms with van der Waals surface area (Å²) in [5.74, 6) is 12.1. The second kappa shape index (κ2) is 13.9. The van der Waals surface area contributed by atoms with Crippen molar-refractivity contribution in [2.75, 3.05) is 26.3 Å². The lowest BCUT2D eigenvalue weighted by atomic mass is 9.70. The van der Waals surface area contributed by atoms with E-state index in [0.29, 0.717) is 37.1 Å². The fourth-order valence-corrected chi connectivity index (χ4v) is 8.03. The summed E-state index contributed by atoms with van der Waals surface area (Å²) in [5.41, 5.74) is 4.68. The Balaban J connectivity index is 1.21. The number of hydrogen-bond acceptors (Lipinski definition) is 11.